The SMILES string of the molecule is CCCCCCC(C)N(CCCCCC(C)C)CC(CC)CCCC. The minimum Gasteiger partial charge on any atom is -0.300 e. The normalized spacial score (nSPS) is 14.4. The fourth-order valence-electron chi connectivity index (χ4n) is 3.83. The van der Waals surface area contributed by atoms with Gasteiger partial charge in [0.1, 0.15) is 0 Å². The van der Waals surface area contributed by atoms with Crippen molar-refractivity contribution in [3.63, 3.8) is 0 Å². The van der Waals surface area contributed by atoms with Crippen molar-refractivity contribution in [2.45, 2.75) is 131 Å². The van der Waals surface area contributed by atoms with Gasteiger partial charge in [0, 0.05) is 12.6 Å². The number of nitrogens with zero attached hydrogens (tertiary/aromatic N) is 1. The van der Waals surface area contributed by atoms with E-state index in [1.165, 1.54) is 96.6 Å². The van der Waals surface area contributed by atoms with E-state index in [0.717, 1.165) is 17.9 Å². The van der Waals surface area contributed by atoms with Crippen LogP contribution in [0.1, 0.15) is 125 Å². The van der Waals surface area contributed by atoms with E-state index in [-0.39, 0.29) is 0 Å². The summed E-state index contributed by atoms with van der Waals surface area (Å²) in [6.45, 7) is 16.9. The molecule has 1 heteroatoms. The van der Waals surface area contributed by atoms with Crippen molar-refractivity contribution in [3.8, 4) is 0 Å². The number of unbranched alkanes of at least 4 members (excludes halogenated alkanes) is 6. The number of hydrogen-bond acceptors (Lipinski definition) is 1. The summed E-state index contributed by atoms with van der Waals surface area (Å²) < 4.78 is 0. The Balaban J connectivity index is 4.36. The lowest BCUT2D eigenvalue weighted by molar-refractivity contribution is 0.156. The van der Waals surface area contributed by atoms with Crippen LogP contribution >= 0.6 is 0 Å². The molecule has 2 unspecified atom stereocenters. The lowest BCUT2D eigenvalue weighted by atomic mass is 9.97. The molecule has 0 aliphatic heterocycles. The minimum absolute atomic E-state index is 0.776. The molecule has 0 saturated heterocycles. The van der Waals surface area contributed by atoms with Gasteiger partial charge in [0.15, 0.2) is 0 Å². The van der Waals surface area contributed by atoms with Crippen LogP contribution in [-0.2, 0) is 0 Å². The van der Waals surface area contributed by atoms with E-state index in [2.05, 4.69) is 46.4 Å². The number of hydrogen-bond donors (Lipinski definition) is 0. The molecular weight excluding hydrogens is 302 g/mol. The summed E-state index contributed by atoms with van der Waals surface area (Å²) in [6.07, 6.45) is 18.2. The van der Waals surface area contributed by atoms with Gasteiger partial charge in [0.25, 0.3) is 0 Å². The monoisotopic (exact) mass is 353 g/mol. The van der Waals surface area contributed by atoms with Gasteiger partial charge in [-0.3, -0.25) is 0 Å². The summed E-state index contributed by atoms with van der Waals surface area (Å²) in [5, 5.41) is 0. The van der Waals surface area contributed by atoms with Crippen LogP contribution in [0.2, 0.25) is 0 Å². The molecular formula is C24H51N. The molecule has 0 radical (unpaired) electrons. The Labute approximate surface area is 161 Å². The third kappa shape index (κ3) is 14.8. The van der Waals surface area contributed by atoms with Crippen molar-refractivity contribution in [1.82, 2.24) is 4.90 Å². The highest BCUT2D eigenvalue weighted by Gasteiger charge is 2.17. The highest BCUT2D eigenvalue weighted by molar-refractivity contribution is 4.72. The second-order valence-corrected chi connectivity index (χ2v) is 8.85. The predicted molar refractivity (Wildman–Crippen MR) is 116 cm³/mol. The average Bonchev–Trinajstić information content (AvgIpc) is 2.59. The van der Waals surface area contributed by atoms with Crippen LogP contribution < -0.4 is 0 Å². The molecule has 0 N–H and O–H groups in total. The van der Waals surface area contributed by atoms with Gasteiger partial charge >= 0.3 is 0 Å². The number of rotatable bonds is 18. The van der Waals surface area contributed by atoms with E-state index in [4.69, 9.17) is 0 Å². The Morgan fingerprint density at radius 1 is 0.640 bits per heavy atom. The largest absolute Gasteiger partial charge is 0.300 e. The summed E-state index contributed by atoms with van der Waals surface area (Å²) in [7, 11) is 0. The standard InChI is InChI=1S/C24H51N/c1-7-10-12-15-18-23(6)25(20-16-13-14-17-22(4)5)21-24(9-3)19-11-8-2/h22-24H,7-21H2,1-6H3. The van der Waals surface area contributed by atoms with Crippen molar-refractivity contribution in [1.29, 1.82) is 0 Å². The second kappa shape index (κ2) is 17.4. The molecule has 0 aliphatic carbocycles. The third-order valence-corrected chi connectivity index (χ3v) is 5.86. The maximum absolute atomic E-state index is 2.85. The lowest BCUT2D eigenvalue weighted by Gasteiger charge is -2.33. The van der Waals surface area contributed by atoms with Gasteiger partial charge in [-0.1, -0.05) is 98.8 Å². The molecule has 0 aromatic heterocycles. The molecule has 0 bridgehead atoms. The molecule has 0 aliphatic rings. The highest BCUT2D eigenvalue weighted by Crippen LogP contribution is 2.19. The van der Waals surface area contributed by atoms with Crippen LogP contribution in [0.15, 0.2) is 0 Å². The van der Waals surface area contributed by atoms with Crippen LogP contribution in [0.3, 0.4) is 0 Å². The van der Waals surface area contributed by atoms with Crippen molar-refractivity contribution in [3.05, 3.63) is 0 Å². The van der Waals surface area contributed by atoms with Crippen molar-refractivity contribution >= 4 is 0 Å². The smallest absolute Gasteiger partial charge is 0.00670 e. The summed E-state index contributed by atoms with van der Waals surface area (Å²) >= 11 is 0. The third-order valence-electron chi connectivity index (χ3n) is 5.86. The second-order valence-electron chi connectivity index (χ2n) is 8.85. The molecule has 152 valence electrons. The van der Waals surface area contributed by atoms with Crippen LogP contribution in [-0.4, -0.2) is 24.0 Å². The Morgan fingerprint density at radius 3 is 1.88 bits per heavy atom. The summed E-state index contributed by atoms with van der Waals surface area (Å²) in [4.78, 5) is 2.85. The molecule has 0 aromatic rings. The first-order valence-corrected chi connectivity index (χ1v) is 11.8. The predicted octanol–water partition coefficient (Wildman–Crippen LogP) is 8.08. The lowest BCUT2D eigenvalue weighted by Crippen LogP contribution is -2.38. The van der Waals surface area contributed by atoms with Gasteiger partial charge in [-0.25, -0.2) is 0 Å². The maximum atomic E-state index is 2.85. The fraction of sp³-hybridized carbons (Fsp3) is 1.00. The molecule has 2 atom stereocenters. The summed E-state index contributed by atoms with van der Waals surface area (Å²) in [6, 6.07) is 0.776. The van der Waals surface area contributed by atoms with Crippen LogP contribution in [0.5, 0.6) is 0 Å². The summed E-state index contributed by atoms with van der Waals surface area (Å²) in [5.41, 5.74) is 0. The van der Waals surface area contributed by atoms with E-state index in [1.54, 1.807) is 0 Å². The zero-order valence-electron chi connectivity index (χ0n) is 18.8. The van der Waals surface area contributed by atoms with Crippen molar-refractivity contribution < 1.29 is 0 Å². The Morgan fingerprint density at radius 2 is 1.28 bits per heavy atom. The Hall–Kier alpha value is -0.0400. The first-order valence-electron chi connectivity index (χ1n) is 11.8. The fourth-order valence-corrected chi connectivity index (χ4v) is 3.83. The Bertz CT molecular complexity index is 261. The van der Waals surface area contributed by atoms with E-state index >= 15 is 0 Å². The van der Waals surface area contributed by atoms with Gasteiger partial charge in [0.05, 0.1) is 0 Å². The average molecular weight is 354 g/mol. The van der Waals surface area contributed by atoms with Crippen LogP contribution in [0.4, 0.5) is 0 Å². The molecule has 25 heavy (non-hydrogen) atoms. The van der Waals surface area contributed by atoms with E-state index in [0.29, 0.717) is 0 Å². The molecule has 0 fully saturated rings. The maximum Gasteiger partial charge on any atom is 0.00670 e. The molecule has 0 rings (SSSR count). The van der Waals surface area contributed by atoms with E-state index < -0.39 is 0 Å². The van der Waals surface area contributed by atoms with Crippen molar-refractivity contribution in [2.75, 3.05) is 13.1 Å². The molecule has 0 aromatic carbocycles. The molecule has 1 nitrogen and oxygen atoms in total. The first kappa shape index (κ1) is 25.0. The quantitative estimate of drug-likeness (QED) is 0.225. The van der Waals surface area contributed by atoms with Crippen LogP contribution in [0.25, 0.3) is 0 Å². The van der Waals surface area contributed by atoms with E-state index in [9.17, 15) is 0 Å². The van der Waals surface area contributed by atoms with E-state index in [1.807, 2.05) is 0 Å². The van der Waals surface area contributed by atoms with Gasteiger partial charge in [-0.05, 0) is 44.6 Å². The zero-order valence-corrected chi connectivity index (χ0v) is 18.8. The molecule has 0 spiro atoms. The topological polar surface area (TPSA) is 3.24 Å². The van der Waals surface area contributed by atoms with Crippen molar-refractivity contribution in [2.24, 2.45) is 11.8 Å². The minimum atomic E-state index is 0.776. The van der Waals surface area contributed by atoms with Gasteiger partial charge in [-0.15, -0.1) is 0 Å². The first-order chi connectivity index (χ1) is 12.0. The van der Waals surface area contributed by atoms with Gasteiger partial charge < -0.3 is 4.90 Å². The molecule has 0 amide bonds. The molecule has 0 saturated carbocycles. The van der Waals surface area contributed by atoms with Gasteiger partial charge in [-0.2, -0.15) is 0 Å². The molecule has 0 heterocycles. The zero-order chi connectivity index (χ0) is 18.9. The van der Waals surface area contributed by atoms with Crippen LogP contribution in [0, 0.1) is 11.8 Å². The highest BCUT2D eigenvalue weighted by atomic mass is 15.1. The summed E-state index contributed by atoms with van der Waals surface area (Å²) in [5.74, 6) is 1.78. The Kier molecular flexibility index (Phi) is 17.3. The van der Waals surface area contributed by atoms with Gasteiger partial charge in [0.2, 0.25) is 0 Å².